The van der Waals surface area contributed by atoms with Crippen LogP contribution in [0.15, 0.2) is 48.8 Å². The molecule has 0 bridgehead atoms. The van der Waals surface area contributed by atoms with E-state index in [9.17, 15) is 0 Å². The highest BCUT2D eigenvalue weighted by Gasteiger charge is 2.29. The minimum Gasteiger partial charge on any atom is -0.343 e. The highest BCUT2D eigenvalue weighted by Crippen LogP contribution is 2.34. The van der Waals surface area contributed by atoms with Crippen LogP contribution in [0, 0.1) is 0 Å². The minimum absolute atomic E-state index is 0.731. The lowest BCUT2D eigenvalue weighted by atomic mass is 10.1. The zero-order valence-electron chi connectivity index (χ0n) is 27.5. The van der Waals surface area contributed by atoms with Crippen molar-refractivity contribution in [3.8, 4) is 0 Å². The smallest absolute Gasteiger partial charge is 0.158 e. The molecule has 10 nitrogen and oxygen atoms in total. The Kier molecular flexibility index (Phi) is 7.75. The van der Waals surface area contributed by atoms with E-state index in [2.05, 4.69) is 60.6 Å². The Morgan fingerprint density at radius 1 is 0.565 bits per heavy atom. The van der Waals surface area contributed by atoms with E-state index >= 15 is 0 Å². The molecule has 2 aromatic carbocycles. The maximum absolute atomic E-state index is 6.18. The molecule has 0 atom stereocenters. The monoisotopic (exact) mass is 660 g/mol. The van der Waals surface area contributed by atoms with Crippen LogP contribution in [-0.4, -0.2) is 119 Å². The van der Waals surface area contributed by atoms with Gasteiger partial charge in [0.25, 0.3) is 0 Å². The number of anilines is 2. The first-order valence-corrected chi connectivity index (χ1v) is 16.6. The van der Waals surface area contributed by atoms with Crippen molar-refractivity contribution in [3.63, 3.8) is 0 Å². The second-order valence-electron chi connectivity index (χ2n) is 14.1. The zero-order chi connectivity index (χ0) is 32.4. The molecule has 2 aliphatic heterocycles. The molecule has 0 saturated carbocycles. The van der Waals surface area contributed by atoms with E-state index in [0.29, 0.717) is 0 Å². The molecule has 0 radical (unpaired) electrons. The molecule has 12 heteroatoms. The third-order valence-electron chi connectivity index (χ3n) is 9.53. The van der Waals surface area contributed by atoms with Crippen molar-refractivity contribution in [1.29, 1.82) is 0 Å². The summed E-state index contributed by atoms with van der Waals surface area (Å²) in [7, 11) is 13.0. The van der Waals surface area contributed by atoms with Gasteiger partial charge in [-0.2, -0.15) is 10.2 Å². The fourth-order valence-electron chi connectivity index (χ4n) is 6.56. The standard InChI is InChI=1S/2C17H21ClN5/c2*1-21-11-14-13-10-12(18)4-5-15(13)19-17(16(14)20-21)22-6-8-23(2,3)9-7-22/h2*4-5,10-11H,6-9H2,1-3H3/q2*+1. The van der Waals surface area contributed by atoms with Gasteiger partial charge in [-0.25, -0.2) is 9.97 Å². The zero-order valence-corrected chi connectivity index (χ0v) is 29.0. The predicted molar refractivity (Wildman–Crippen MR) is 190 cm³/mol. The summed E-state index contributed by atoms with van der Waals surface area (Å²) in [5, 5.41) is 15.2. The van der Waals surface area contributed by atoms with Crippen molar-refractivity contribution in [2.45, 2.75) is 0 Å². The molecule has 46 heavy (non-hydrogen) atoms. The van der Waals surface area contributed by atoms with E-state index in [1.165, 1.54) is 0 Å². The SMILES string of the molecule is Cn1cc2c(n1)c(N1CC[N+](C)(C)CC1)nc1ccc(Cl)cc12.Cn1cc2c(n1)c(N1CC[N+](C)(C)CC1)nc1ccc(Cl)cc12. The normalized spacial score (nSPS) is 18.0. The molecule has 6 aromatic rings. The summed E-state index contributed by atoms with van der Waals surface area (Å²) in [5.74, 6) is 1.99. The molecule has 2 aliphatic rings. The number of pyridine rings is 2. The van der Waals surface area contributed by atoms with Crippen molar-refractivity contribution in [2.24, 2.45) is 14.1 Å². The quantitative estimate of drug-likeness (QED) is 0.234. The first kappa shape index (κ1) is 30.9. The summed E-state index contributed by atoms with van der Waals surface area (Å²) < 4.78 is 5.84. The first-order valence-electron chi connectivity index (χ1n) is 15.8. The molecule has 240 valence electrons. The van der Waals surface area contributed by atoms with Crippen LogP contribution in [0.3, 0.4) is 0 Å². The van der Waals surface area contributed by atoms with Gasteiger partial charge in [-0.1, -0.05) is 23.2 Å². The van der Waals surface area contributed by atoms with E-state index in [0.717, 1.165) is 127 Å². The molecule has 2 fully saturated rings. The van der Waals surface area contributed by atoms with E-state index in [4.69, 9.17) is 33.2 Å². The molecule has 2 saturated heterocycles. The molecule has 0 aliphatic carbocycles. The Labute approximate surface area is 279 Å². The van der Waals surface area contributed by atoms with Crippen LogP contribution in [0.2, 0.25) is 10.0 Å². The lowest BCUT2D eigenvalue weighted by molar-refractivity contribution is -0.890. The Morgan fingerprint density at radius 2 is 0.935 bits per heavy atom. The fourth-order valence-corrected chi connectivity index (χ4v) is 6.90. The van der Waals surface area contributed by atoms with Crippen molar-refractivity contribution >= 4 is 78.4 Å². The summed E-state index contributed by atoms with van der Waals surface area (Å²) in [4.78, 5) is 14.6. The largest absolute Gasteiger partial charge is 0.343 e. The number of piperazine rings is 2. The number of nitrogens with zero attached hydrogens (tertiary/aromatic N) is 10. The molecule has 6 heterocycles. The van der Waals surface area contributed by atoms with Crippen molar-refractivity contribution in [3.05, 3.63) is 58.8 Å². The van der Waals surface area contributed by atoms with Crippen molar-refractivity contribution in [2.75, 3.05) is 90.3 Å². The number of aryl methyl sites for hydroxylation is 2. The number of quaternary nitrogens is 2. The number of halogens is 2. The van der Waals surface area contributed by atoms with Gasteiger partial charge in [-0.15, -0.1) is 0 Å². The Balaban J connectivity index is 0.000000147. The van der Waals surface area contributed by atoms with Gasteiger partial charge in [0.1, 0.15) is 11.0 Å². The third-order valence-corrected chi connectivity index (χ3v) is 10.0. The van der Waals surface area contributed by atoms with Crippen LogP contribution in [0.4, 0.5) is 11.6 Å². The number of aromatic nitrogens is 6. The van der Waals surface area contributed by atoms with Crippen molar-refractivity contribution in [1.82, 2.24) is 29.5 Å². The molecule has 8 rings (SSSR count). The Morgan fingerprint density at radius 3 is 1.30 bits per heavy atom. The van der Waals surface area contributed by atoms with Crippen LogP contribution in [-0.2, 0) is 14.1 Å². The summed E-state index contributed by atoms with van der Waals surface area (Å²) >= 11 is 12.4. The lowest BCUT2D eigenvalue weighted by Gasteiger charge is -2.39. The van der Waals surface area contributed by atoms with Gasteiger partial charge in [0, 0.05) is 58.1 Å². The highest BCUT2D eigenvalue weighted by atomic mass is 35.5. The summed E-state index contributed by atoms with van der Waals surface area (Å²) in [6.07, 6.45) is 4.12. The Bertz CT molecular complexity index is 1930. The van der Waals surface area contributed by atoms with Crippen LogP contribution in [0.1, 0.15) is 0 Å². The number of hydrogen-bond acceptors (Lipinski definition) is 6. The highest BCUT2D eigenvalue weighted by molar-refractivity contribution is 6.32. The van der Waals surface area contributed by atoms with E-state index in [1.807, 2.05) is 59.9 Å². The van der Waals surface area contributed by atoms with Gasteiger partial charge in [0.05, 0.1) is 91.6 Å². The second-order valence-corrected chi connectivity index (χ2v) is 14.9. The van der Waals surface area contributed by atoms with E-state index in [-0.39, 0.29) is 0 Å². The molecular formula is C34H42Cl2N10+2. The number of likely N-dealkylation sites (N-methyl/N-ethyl adjacent to an activating group) is 2. The Hall–Kier alpha value is -3.70. The average Bonchev–Trinajstić information content (AvgIpc) is 3.60. The molecule has 0 unspecified atom stereocenters. The first-order chi connectivity index (χ1) is 21.9. The van der Waals surface area contributed by atoms with Gasteiger partial charge in [-0.05, 0) is 36.4 Å². The summed E-state index contributed by atoms with van der Waals surface area (Å²) in [6, 6.07) is 11.8. The van der Waals surface area contributed by atoms with Gasteiger partial charge >= 0.3 is 0 Å². The minimum atomic E-state index is 0.731. The van der Waals surface area contributed by atoms with Gasteiger partial charge in [-0.3, -0.25) is 9.36 Å². The summed E-state index contributed by atoms with van der Waals surface area (Å²) in [5.41, 5.74) is 3.89. The number of benzene rings is 2. The average molecular weight is 662 g/mol. The molecule has 0 N–H and O–H groups in total. The molecule has 0 amide bonds. The van der Waals surface area contributed by atoms with Gasteiger partial charge in [0.15, 0.2) is 11.6 Å². The number of fused-ring (bicyclic) bond motifs is 6. The number of rotatable bonds is 2. The van der Waals surface area contributed by atoms with Gasteiger partial charge < -0.3 is 18.8 Å². The predicted octanol–water partition coefficient (Wildman–Crippen LogP) is 5.34. The third kappa shape index (κ3) is 5.95. The van der Waals surface area contributed by atoms with Crippen molar-refractivity contribution < 1.29 is 8.97 Å². The molecular weight excluding hydrogens is 619 g/mol. The summed E-state index contributed by atoms with van der Waals surface area (Å²) in [6.45, 7) is 8.50. The van der Waals surface area contributed by atoms with Crippen LogP contribution < -0.4 is 9.80 Å². The molecule has 4 aromatic heterocycles. The van der Waals surface area contributed by atoms with Crippen LogP contribution >= 0.6 is 23.2 Å². The lowest BCUT2D eigenvalue weighted by Crippen LogP contribution is -2.55. The van der Waals surface area contributed by atoms with E-state index < -0.39 is 0 Å². The second kappa shape index (κ2) is 11.5. The fraction of sp³-hybridized carbons (Fsp3) is 0.412. The maximum Gasteiger partial charge on any atom is 0.158 e. The van der Waals surface area contributed by atoms with E-state index in [1.54, 1.807) is 0 Å². The van der Waals surface area contributed by atoms with Gasteiger partial charge in [0.2, 0.25) is 0 Å². The van der Waals surface area contributed by atoms with Crippen LogP contribution in [0.5, 0.6) is 0 Å². The molecule has 0 spiro atoms. The topological polar surface area (TPSA) is 67.9 Å². The maximum atomic E-state index is 6.18. The van der Waals surface area contributed by atoms with Crippen LogP contribution in [0.25, 0.3) is 43.6 Å². The number of hydrogen-bond donors (Lipinski definition) is 0.